The topological polar surface area (TPSA) is 58.6 Å². The summed E-state index contributed by atoms with van der Waals surface area (Å²) in [4.78, 5) is 11.2. The summed E-state index contributed by atoms with van der Waals surface area (Å²) < 4.78 is 5.39. The minimum absolute atomic E-state index is 0.350. The highest BCUT2D eigenvalue weighted by atomic mass is 16.5. The van der Waals surface area contributed by atoms with E-state index < -0.39 is 6.10 Å². The highest BCUT2D eigenvalue weighted by Crippen LogP contribution is 2.25. The molecule has 0 saturated carbocycles. The van der Waals surface area contributed by atoms with Gasteiger partial charge in [-0.3, -0.25) is 4.79 Å². The van der Waals surface area contributed by atoms with Gasteiger partial charge in [-0.2, -0.15) is 0 Å². The summed E-state index contributed by atoms with van der Waals surface area (Å²) in [5.41, 5.74) is 2.21. The van der Waals surface area contributed by atoms with Crippen molar-refractivity contribution in [2.75, 3.05) is 6.61 Å². The Morgan fingerprint density at radius 1 is 1.62 bits per heavy atom. The minimum Gasteiger partial charge on any atom is -0.493 e. The first kappa shape index (κ1) is 11.0. The molecule has 0 radical (unpaired) electrons. The monoisotopic (exact) mass is 221 g/mol. The Labute approximate surface area is 94.2 Å². The number of rotatable bonds is 3. The fourth-order valence-corrected chi connectivity index (χ4v) is 1.69. The highest BCUT2D eigenvalue weighted by Gasteiger charge is 2.13. The van der Waals surface area contributed by atoms with Crippen molar-refractivity contribution in [3.05, 3.63) is 29.3 Å². The molecule has 0 bridgehead atoms. The minimum atomic E-state index is -0.960. The van der Waals surface area contributed by atoms with Gasteiger partial charge in [0.25, 0.3) is 0 Å². The molecule has 2 rings (SSSR count). The van der Waals surface area contributed by atoms with Crippen molar-refractivity contribution < 1.29 is 14.6 Å². The van der Waals surface area contributed by atoms with E-state index in [1.165, 1.54) is 12.5 Å². The number of hydrogen-bond acceptors (Lipinski definition) is 3. The third kappa shape index (κ3) is 2.33. The van der Waals surface area contributed by atoms with Gasteiger partial charge in [-0.25, -0.2) is 0 Å². The van der Waals surface area contributed by atoms with Crippen molar-refractivity contribution in [1.29, 1.82) is 0 Å². The Bertz CT molecular complexity index is 401. The molecule has 1 aliphatic rings. The van der Waals surface area contributed by atoms with E-state index in [2.05, 4.69) is 5.32 Å². The Morgan fingerprint density at radius 2 is 2.44 bits per heavy atom. The van der Waals surface area contributed by atoms with E-state index in [0.717, 1.165) is 24.3 Å². The van der Waals surface area contributed by atoms with Gasteiger partial charge < -0.3 is 15.2 Å². The van der Waals surface area contributed by atoms with Gasteiger partial charge in [0.05, 0.1) is 6.61 Å². The molecule has 0 aromatic heterocycles. The molecule has 1 heterocycles. The van der Waals surface area contributed by atoms with Crippen LogP contribution in [0.2, 0.25) is 0 Å². The van der Waals surface area contributed by atoms with Gasteiger partial charge >= 0.3 is 0 Å². The average Bonchev–Trinajstić information content (AvgIpc) is 2.72. The zero-order chi connectivity index (χ0) is 11.5. The van der Waals surface area contributed by atoms with Crippen LogP contribution < -0.4 is 10.1 Å². The predicted molar refractivity (Wildman–Crippen MR) is 59.2 cm³/mol. The number of benzene rings is 1. The molecule has 4 nitrogen and oxygen atoms in total. The molecule has 16 heavy (non-hydrogen) atoms. The lowest BCUT2D eigenvalue weighted by atomic mass is 10.1. The maximum Gasteiger partial charge on any atom is 0.248 e. The van der Waals surface area contributed by atoms with Crippen molar-refractivity contribution >= 4 is 5.91 Å². The van der Waals surface area contributed by atoms with Crippen LogP contribution in [0.3, 0.4) is 0 Å². The van der Waals surface area contributed by atoms with Gasteiger partial charge in [-0.05, 0) is 24.1 Å². The predicted octanol–water partition coefficient (Wildman–Crippen LogP) is 0.618. The highest BCUT2D eigenvalue weighted by molar-refractivity contribution is 5.79. The summed E-state index contributed by atoms with van der Waals surface area (Å²) in [6.45, 7) is 2.63. The van der Waals surface area contributed by atoms with E-state index >= 15 is 0 Å². The van der Waals surface area contributed by atoms with Crippen LogP contribution in [-0.4, -0.2) is 23.7 Å². The molecule has 0 aliphatic carbocycles. The third-order valence-corrected chi connectivity index (χ3v) is 2.60. The lowest BCUT2D eigenvalue weighted by Crippen LogP contribution is -2.31. The number of carbonyl (C=O) groups is 1. The lowest BCUT2D eigenvalue weighted by Gasteiger charge is -2.08. The summed E-state index contributed by atoms with van der Waals surface area (Å²) in [5, 5.41) is 11.7. The van der Waals surface area contributed by atoms with Crippen molar-refractivity contribution in [2.24, 2.45) is 0 Å². The summed E-state index contributed by atoms with van der Waals surface area (Å²) in [6, 6.07) is 5.88. The summed E-state index contributed by atoms with van der Waals surface area (Å²) >= 11 is 0. The number of amides is 1. The number of nitrogens with one attached hydrogen (secondary N) is 1. The Balaban J connectivity index is 1.98. The second-order valence-electron chi connectivity index (χ2n) is 3.93. The van der Waals surface area contributed by atoms with Crippen molar-refractivity contribution in [2.45, 2.75) is 26.0 Å². The fourth-order valence-electron chi connectivity index (χ4n) is 1.69. The first-order valence-corrected chi connectivity index (χ1v) is 5.37. The Morgan fingerprint density at radius 3 is 3.19 bits per heavy atom. The SMILES string of the molecule is CC(O)C(=O)NCc1ccc2c(c1)CCO2. The number of fused-ring (bicyclic) bond motifs is 1. The molecule has 0 saturated heterocycles. The van der Waals surface area contributed by atoms with Crippen LogP contribution in [0.4, 0.5) is 0 Å². The Kier molecular flexibility index (Phi) is 3.10. The molecule has 1 aromatic carbocycles. The molecule has 0 spiro atoms. The van der Waals surface area contributed by atoms with E-state index in [0.29, 0.717) is 6.54 Å². The summed E-state index contributed by atoms with van der Waals surface area (Å²) in [6.07, 6.45) is -0.0363. The van der Waals surface area contributed by atoms with E-state index in [1.54, 1.807) is 0 Å². The van der Waals surface area contributed by atoms with Crippen LogP contribution in [-0.2, 0) is 17.8 Å². The number of carbonyl (C=O) groups excluding carboxylic acids is 1. The van der Waals surface area contributed by atoms with Gasteiger partial charge in [0, 0.05) is 13.0 Å². The maximum absolute atomic E-state index is 11.2. The molecule has 1 amide bonds. The molecule has 0 fully saturated rings. The Hall–Kier alpha value is -1.55. The molecule has 1 unspecified atom stereocenters. The van der Waals surface area contributed by atoms with Gasteiger partial charge in [0.15, 0.2) is 0 Å². The van der Waals surface area contributed by atoms with Crippen LogP contribution in [0, 0.1) is 0 Å². The zero-order valence-electron chi connectivity index (χ0n) is 9.19. The molecule has 86 valence electrons. The van der Waals surface area contributed by atoms with Crippen LogP contribution in [0.1, 0.15) is 18.1 Å². The van der Waals surface area contributed by atoms with E-state index in [4.69, 9.17) is 9.84 Å². The van der Waals surface area contributed by atoms with Crippen LogP contribution in [0.15, 0.2) is 18.2 Å². The first-order chi connectivity index (χ1) is 7.66. The standard InChI is InChI=1S/C12H15NO3/c1-8(14)12(15)13-7-9-2-3-11-10(6-9)4-5-16-11/h2-3,6,8,14H,4-5,7H2,1H3,(H,13,15). The van der Waals surface area contributed by atoms with E-state index in [1.807, 2.05) is 18.2 Å². The second-order valence-corrected chi connectivity index (χ2v) is 3.93. The van der Waals surface area contributed by atoms with Gasteiger partial charge in [-0.15, -0.1) is 0 Å². The molecule has 1 aromatic rings. The van der Waals surface area contributed by atoms with Crippen molar-refractivity contribution in [1.82, 2.24) is 5.32 Å². The van der Waals surface area contributed by atoms with Gasteiger partial charge in [0.2, 0.25) is 5.91 Å². The number of aliphatic hydroxyl groups excluding tert-OH is 1. The van der Waals surface area contributed by atoms with Crippen molar-refractivity contribution in [3.63, 3.8) is 0 Å². The number of ether oxygens (including phenoxy) is 1. The molecule has 4 heteroatoms. The number of hydrogen-bond donors (Lipinski definition) is 2. The van der Waals surface area contributed by atoms with Gasteiger partial charge in [0.1, 0.15) is 11.9 Å². The molecule has 2 N–H and O–H groups in total. The lowest BCUT2D eigenvalue weighted by molar-refractivity contribution is -0.128. The molecule has 1 atom stereocenters. The quantitative estimate of drug-likeness (QED) is 0.786. The zero-order valence-corrected chi connectivity index (χ0v) is 9.19. The van der Waals surface area contributed by atoms with Gasteiger partial charge in [-0.1, -0.05) is 12.1 Å². The maximum atomic E-state index is 11.2. The van der Waals surface area contributed by atoms with Crippen LogP contribution in [0.5, 0.6) is 5.75 Å². The normalized spacial score (nSPS) is 15.1. The summed E-state index contributed by atoms with van der Waals surface area (Å²) in [5.74, 6) is 0.586. The van der Waals surface area contributed by atoms with E-state index in [9.17, 15) is 4.79 Å². The third-order valence-electron chi connectivity index (χ3n) is 2.60. The van der Waals surface area contributed by atoms with Crippen LogP contribution >= 0.6 is 0 Å². The second kappa shape index (κ2) is 4.53. The number of aliphatic hydroxyl groups is 1. The fraction of sp³-hybridized carbons (Fsp3) is 0.417. The largest absolute Gasteiger partial charge is 0.493 e. The summed E-state index contributed by atoms with van der Waals surface area (Å²) in [7, 11) is 0. The smallest absolute Gasteiger partial charge is 0.248 e. The van der Waals surface area contributed by atoms with Crippen LogP contribution in [0.25, 0.3) is 0 Å². The molecular weight excluding hydrogens is 206 g/mol. The first-order valence-electron chi connectivity index (χ1n) is 5.37. The molecular formula is C12H15NO3. The average molecular weight is 221 g/mol. The molecule has 1 aliphatic heterocycles. The van der Waals surface area contributed by atoms with Crippen molar-refractivity contribution in [3.8, 4) is 5.75 Å². The van der Waals surface area contributed by atoms with E-state index in [-0.39, 0.29) is 5.91 Å².